The van der Waals surface area contributed by atoms with Crippen LogP contribution in [0.15, 0.2) is 24.5 Å². The monoisotopic (exact) mass is 327 g/mol. The molecule has 8 nitrogen and oxygen atoms in total. The van der Waals surface area contributed by atoms with E-state index in [1.807, 2.05) is 6.92 Å². The molecule has 0 saturated carbocycles. The minimum absolute atomic E-state index is 0.0448. The van der Waals surface area contributed by atoms with Crippen LogP contribution in [0.25, 0.3) is 0 Å². The van der Waals surface area contributed by atoms with Gasteiger partial charge in [-0.15, -0.1) is 0 Å². The number of amides is 1. The number of hydrogen-bond acceptors (Lipinski definition) is 7. The van der Waals surface area contributed by atoms with Crippen molar-refractivity contribution in [1.29, 1.82) is 0 Å². The first-order valence-corrected chi connectivity index (χ1v) is 8.02. The van der Waals surface area contributed by atoms with E-state index in [2.05, 4.69) is 35.5 Å². The first-order chi connectivity index (χ1) is 11.7. The van der Waals surface area contributed by atoms with Crippen LogP contribution in [0.3, 0.4) is 0 Å². The van der Waals surface area contributed by atoms with Gasteiger partial charge in [0, 0.05) is 44.3 Å². The van der Waals surface area contributed by atoms with Crippen LogP contribution in [0.5, 0.6) is 0 Å². The van der Waals surface area contributed by atoms with E-state index < -0.39 is 0 Å². The van der Waals surface area contributed by atoms with Gasteiger partial charge in [-0.3, -0.25) is 4.79 Å². The molecule has 24 heavy (non-hydrogen) atoms. The predicted octanol–water partition coefficient (Wildman–Crippen LogP) is 1.02. The van der Waals surface area contributed by atoms with E-state index in [0.717, 1.165) is 25.1 Å². The number of anilines is 2. The van der Waals surface area contributed by atoms with Gasteiger partial charge in [0.15, 0.2) is 0 Å². The molecule has 0 spiro atoms. The van der Waals surface area contributed by atoms with Crippen molar-refractivity contribution in [1.82, 2.24) is 25.3 Å². The second kappa shape index (κ2) is 7.20. The molecule has 1 aliphatic rings. The third-order valence-electron chi connectivity index (χ3n) is 3.90. The highest BCUT2D eigenvalue weighted by molar-refractivity contribution is 5.92. The second-order valence-electron chi connectivity index (χ2n) is 5.78. The first kappa shape index (κ1) is 16.1. The van der Waals surface area contributed by atoms with Crippen LogP contribution in [-0.2, 0) is 0 Å². The lowest BCUT2D eigenvalue weighted by Crippen LogP contribution is -2.48. The van der Waals surface area contributed by atoms with Gasteiger partial charge in [0.05, 0.1) is 0 Å². The van der Waals surface area contributed by atoms with Gasteiger partial charge < -0.3 is 15.5 Å². The van der Waals surface area contributed by atoms with Gasteiger partial charge in [0.25, 0.3) is 5.91 Å². The summed E-state index contributed by atoms with van der Waals surface area (Å²) in [6.45, 7) is 3.43. The summed E-state index contributed by atoms with van der Waals surface area (Å²) in [5, 5.41) is 5.93. The quantitative estimate of drug-likeness (QED) is 0.865. The number of aromatic nitrogens is 4. The summed E-state index contributed by atoms with van der Waals surface area (Å²) in [5.74, 6) is 0.965. The van der Waals surface area contributed by atoms with Gasteiger partial charge >= 0.3 is 0 Å². The Hall–Kier alpha value is -2.77. The number of nitrogens with one attached hydrogen (secondary N) is 2. The Labute approximate surface area is 140 Å². The number of carbonyl (C=O) groups is 1. The maximum absolute atomic E-state index is 12.5. The molecule has 1 amide bonds. The van der Waals surface area contributed by atoms with Crippen LogP contribution in [0.1, 0.15) is 29.0 Å². The molecule has 8 heteroatoms. The van der Waals surface area contributed by atoms with Gasteiger partial charge in [-0.2, -0.15) is 0 Å². The lowest BCUT2D eigenvalue weighted by atomic mass is 10.1. The van der Waals surface area contributed by atoms with Crippen molar-refractivity contribution in [3.63, 3.8) is 0 Å². The first-order valence-electron chi connectivity index (χ1n) is 8.02. The zero-order valence-corrected chi connectivity index (χ0v) is 13.9. The van der Waals surface area contributed by atoms with Gasteiger partial charge in [0.1, 0.15) is 5.69 Å². The number of carbonyl (C=O) groups excluding carboxylic acids is 1. The standard InChI is InChI=1S/C16H21N7O/c1-11-9-13(22-15(17-2)20-11)14(24)21-12-5-3-8-23(10-12)16-18-6-4-7-19-16/h4,6-7,9,12H,3,5,8,10H2,1-2H3,(H,21,24)(H,17,20,22)/t12-/m0/s1. The molecule has 1 fully saturated rings. The van der Waals surface area contributed by atoms with Crippen molar-refractivity contribution in [2.75, 3.05) is 30.4 Å². The van der Waals surface area contributed by atoms with Crippen LogP contribution in [0.2, 0.25) is 0 Å². The molecular formula is C16H21N7O. The Bertz CT molecular complexity index is 707. The van der Waals surface area contributed by atoms with Crippen LogP contribution in [0, 0.1) is 6.92 Å². The minimum Gasteiger partial charge on any atom is -0.357 e. The third kappa shape index (κ3) is 3.76. The summed E-state index contributed by atoms with van der Waals surface area (Å²) < 4.78 is 0. The van der Waals surface area contributed by atoms with E-state index >= 15 is 0 Å². The predicted molar refractivity (Wildman–Crippen MR) is 91.0 cm³/mol. The van der Waals surface area contributed by atoms with Crippen molar-refractivity contribution >= 4 is 17.8 Å². The van der Waals surface area contributed by atoms with E-state index in [9.17, 15) is 4.79 Å². The molecule has 0 aromatic carbocycles. The number of piperidine rings is 1. The fourth-order valence-corrected chi connectivity index (χ4v) is 2.79. The lowest BCUT2D eigenvalue weighted by molar-refractivity contribution is 0.0928. The molecular weight excluding hydrogens is 306 g/mol. The smallest absolute Gasteiger partial charge is 0.270 e. The van der Waals surface area contributed by atoms with Crippen molar-refractivity contribution in [3.8, 4) is 0 Å². The van der Waals surface area contributed by atoms with Gasteiger partial charge in [-0.1, -0.05) is 0 Å². The molecule has 2 aromatic rings. The molecule has 0 bridgehead atoms. The van der Waals surface area contributed by atoms with E-state index in [4.69, 9.17) is 0 Å². The van der Waals surface area contributed by atoms with Crippen molar-refractivity contribution in [2.24, 2.45) is 0 Å². The topological polar surface area (TPSA) is 95.9 Å². The Morgan fingerprint density at radius 2 is 2.08 bits per heavy atom. The molecule has 3 heterocycles. The maximum Gasteiger partial charge on any atom is 0.270 e. The summed E-state index contributed by atoms with van der Waals surface area (Å²) in [6, 6.07) is 3.53. The normalized spacial score (nSPS) is 17.4. The highest BCUT2D eigenvalue weighted by Crippen LogP contribution is 2.15. The summed E-state index contributed by atoms with van der Waals surface area (Å²) >= 11 is 0. The average Bonchev–Trinajstić information content (AvgIpc) is 2.62. The van der Waals surface area contributed by atoms with E-state index in [0.29, 0.717) is 24.1 Å². The highest BCUT2D eigenvalue weighted by atomic mass is 16.2. The molecule has 3 rings (SSSR count). The fraction of sp³-hybridized carbons (Fsp3) is 0.438. The van der Waals surface area contributed by atoms with E-state index in [1.165, 1.54) is 0 Å². The SMILES string of the molecule is CNc1nc(C)cc(C(=O)N[C@H]2CCCN(c3ncccn3)C2)n1. The summed E-state index contributed by atoms with van der Waals surface area (Å²) in [5.41, 5.74) is 1.13. The second-order valence-corrected chi connectivity index (χ2v) is 5.78. The molecule has 2 N–H and O–H groups in total. The Morgan fingerprint density at radius 3 is 2.83 bits per heavy atom. The number of rotatable bonds is 4. The molecule has 0 aliphatic carbocycles. The molecule has 2 aromatic heterocycles. The Balaban J connectivity index is 1.67. The summed E-state index contributed by atoms with van der Waals surface area (Å²) in [7, 11) is 1.73. The zero-order chi connectivity index (χ0) is 16.9. The molecule has 1 atom stereocenters. The minimum atomic E-state index is -0.183. The van der Waals surface area contributed by atoms with Crippen LogP contribution < -0.4 is 15.5 Å². The summed E-state index contributed by atoms with van der Waals surface area (Å²) in [4.78, 5) is 31.6. The Kier molecular flexibility index (Phi) is 4.83. The highest BCUT2D eigenvalue weighted by Gasteiger charge is 2.24. The van der Waals surface area contributed by atoms with Crippen molar-refractivity contribution in [3.05, 3.63) is 35.9 Å². The number of hydrogen-bond donors (Lipinski definition) is 2. The third-order valence-corrected chi connectivity index (χ3v) is 3.90. The maximum atomic E-state index is 12.5. The van der Waals surface area contributed by atoms with Crippen molar-refractivity contribution in [2.45, 2.75) is 25.8 Å². The Morgan fingerprint density at radius 1 is 1.29 bits per heavy atom. The van der Waals surface area contributed by atoms with Gasteiger partial charge in [-0.05, 0) is 31.9 Å². The molecule has 1 saturated heterocycles. The van der Waals surface area contributed by atoms with Gasteiger partial charge in [0.2, 0.25) is 11.9 Å². The van der Waals surface area contributed by atoms with E-state index in [1.54, 1.807) is 31.6 Å². The summed E-state index contributed by atoms with van der Waals surface area (Å²) in [6.07, 6.45) is 5.37. The molecule has 0 radical (unpaired) electrons. The van der Waals surface area contributed by atoms with Crippen molar-refractivity contribution < 1.29 is 4.79 Å². The number of aryl methyl sites for hydroxylation is 1. The van der Waals surface area contributed by atoms with Gasteiger partial charge in [-0.25, -0.2) is 19.9 Å². The molecule has 1 aliphatic heterocycles. The van der Waals surface area contributed by atoms with E-state index in [-0.39, 0.29) is 11.9 Å². The number of nitrogens with zero attached hydrogens (tertiary/aromatic N) is 5. The van der Waals surface area contributed by atoms with Crippen LogP contribution in [0.4, 0.5) is 11.9 Å². The average molecular weight is 327 g/mol. The largest absolute Gasteiger partial charge is 0.357 e. The lowest BCUT2D eigenvalue weighted by Gasteiger charge is -2.33. The van der Waals surface area contributed by atoms with Crippen LogP contribution in [-0.4, -0.2) is 52.0 Å². The molecule has 0 unspecified atom stereocenters. The van der Waals surface area contributed by atoms with Crippen LogP contribution >= 0.6 is 0 Å². The molecule has 126 valence electrons. The zero-order valence-electron chi connectivity index (χ0n) is 13.9. The fourth-order valence-electron chi connectivity index (χ4n) is 2.79.